The van der Waals surface area contributed by atoms with Crippen LogP contribution >= 0.6 is 0 Å². The van der Waals surface area contributed by atoms with E-state index in [2.05, 4.69) is 9.72 Å². The topological polar surface area (TPSA) is 42.4 Å². The van der Waals surface area contributed by atoms with Crippen molar-refractivity contribution >= 4 is 0 Å². The quantitative estimate of drug-likeness (QED) is 0.846. The van der Waals surface area contributed by atoms with Crippen LogP contribution in [0.1, 0.15) is 11.3 Å². The van der Waals surface area contributed by atoms with E-state index in [1.165, 1.54) is 0 Å². The molecule has 3 nitrogen and oxygen atoms in total. The molecule has 1 heterocycles. The standard InChI is InChI=1S/C8H4F7NO2/c9-4-1-3(2-17)16-6(18-8(13,14)15)5(4)7(10,11)12/h1,17H,2H2. The van der Waals surface area contributed by atoms with Gasteiger partial charge in [0.25, 0.3) is 0 Å². The van der Waals surface area contributed by atoms with E-state index < -0.39 is 42.1 Å². The summed E-state index contributed by atoms with van der Waals surface area (Å²) in [5.41, 5.74) is -3.00. The number of aliphatic hydroxyl groups is 1. The van der Waals surface area contributed by atoms with Gasteiger partial charge in [0.2, 0.25) is 5.88 Å². The van der Waals surface area contributed by atoms with Crippen LogP contribution in [0.4, 0.5) is 30.7 Å². The number of aliphatic hydroxyl groups excluding tert-OH is 1. The first-order valence-corrected chi connectivity index (χ1v) is 4.18. The summed E-state index contributed by atoms with van der Waals surface area (Å²) in [7, 11) is 0. The molecule has 1 N–H and O–H groups in total. The Morgan fingerprint density at radius 2 is 1.72 bits per heavy atom. The van der Waals surface area contributed by atoms with Crippen LogP contribution in [0.15, 0.2) is 6.07 Å². The van der Waals surface area contributed by atoms with Crippen molar-refractivity contribution in [1.82, 2.24) is 4.98 Å². The van der Waals surface area contributed by atoms with Gasteiger partial charge in [-0.15, -0.1) is 13.2 Å². The molecule has 0 atom stereocenters. The van der Waals surface area contributed by atoms with Crippen molar-refractivity contribution in [2.45, 2.75) is 19.1 Å². The second kappa shape index (κ2) is 4.59. The van der Waals surface area contributed by atoms with Crippen LogP contribution in [0.25, 0.3) is 0 Å². The van der Waals surface area contributed by atoms with Gasteiger partial charge in [-0.25, -0.2) is 9.37 Å². The van der Waals surface area contributed by atoms with E-state index in [0.29, 0.717) is 0 Å². The van der Waals surface area contributed by atoms with Crippen molar-refractivity contribution in [2.24, 2.45) is 0 Å². The average Bonchev–Trinajstić information content (AvgIpc) is 2.11. The third kappa shape index (κ3) is 3.45. The summed E-state index contributed by atoms with van der Waals surface area (Å²) in [4.78, 5) is 2.75. The van der Waals surface area contributed by atoms with Gasteiger partial charge in [-0.05, 0) is 6.07 Å². The zero-order chi connectivity index (χ0) is 14.1. The first kappa shape index (κ1) is 14.5. The van der Waals surface area contributed by atoms with Gasteiger partial charge in [-0.2, -0.15) is 13.2 Å². The second-order valence-corrected chi connectivity index (χ2v) is 2.98. The van der Waals surface area contributed by atoms with Crippen LogP contribution in [-0.2, 0) is 12.8 Å². The van der Waals surface area contributed by atoms with Gasteiger partial charge in [0.1, 0.15) is 5.82 Å². The van der Waals surface area contributed by atoms with E-state index in [-0.39, 0.29) is 6.07 Å². The van der Waals surface area contributed by atoms with Gasteiger partial charge in [-0.1, -0.05) is 0 Å². The lowest BCUT2D eigenvalue weighted by molar-refractivity contribution is -0.278. The highest BCUT2D eigenvalue weighted by Crippen LogP contribution is 2.39. The predicted octanol–water partition coefficient (Wildman–Crippen LogP) is 2.63. The summed E-state index contributed by atoms with van der Waals surface area (Å²) in [6.07, 6.45) is -10.9. The molecule has 1 aromatic heterocycles. The van der Waals surface area contributed by atoms with Crippen molar-refractivity contribution in [1.29, 1.82) is 0 Å². The van der Waals surface area contributed by atoms with Crippen molar-refractivity contribution in [3.63, 3.8) is 0 Å². The second-order valence-electron chi connectivity index (χ2n) is 2.98. The molecule has 0 aromatic carbocycles. The maximum absolute atomic E-state index is 13.1. The zero-order valence-corrected chi connectivity index (χ0v) is 8.23. The van der Waals surface area contributed by atoms with E-state index in [1.54, 1.807) is 0 Å². The summed E-state index contributed by atoms with van der Waals surface area (Å²) in [5, 5.41) is 8.53. The Kier molecular flexibility index (Phi) is 3.70. The Hall–Kier alpha value is -1.58. The van der Waals surface area contributed by atoms with Crippen molar-refractivity contribution < 1.29 is 40.6 Å². The van der Waals surface area contributed by atoms with E-state index >= 15 is 0 Å². The lowest BCUT2D eigenvalue weighted by Gasteiger charge is -2.15. The highest BCUT2D eigenvalue weighted by atomic mass is 19.4. The number of ether oxygens (including phenoxy) is 1. The number of hydrogen-bond acceptors (Lipinski definition) is 3. The molecule has 0 aliphatic carbocycles. The fourth-order valence-corrected chi connectivity index (χ4v) is 1.06. The van der Waals surface area contributed by atoms with Crippen molar-refractivity contribution in [3.8, 4) is 5.88 Å². The Morgan fingerprint density at radius 3 is 2.11 bits per heavy atom. The van der Waals surface area contributed by atoms with Crippen LogP contribution in [-0.4, -0.2) is 16.5 Å². The minimum Gasteiger partial charge on any atom is -0.390 e. The van der Waals surface area contributed by atoms with Gasteiger partial charge in [-0.3, -0.25) is 0 Å². The molecule has 0 spiro atoms. The number of pyridine rings is 1. The van der Waals surface area contributed by atoms with E-state index in [1.807, 2.05) is 0 Å². The minimum absolute atomic E-state index is 0.173. The van der Waals surface area contributed by atoms with Gasteiger partial charge >= 0.3 is 12.5 Å². The molecule has 1 aromatic rings. The van der Waals surface area contributed by atoms with Crippen LogP contribution in [0.3, 0.4) is 0 Å². The molecule has 10 heteroatoms. The molecule has 0 saturated heterocycles. The van der Waals surface area contributed by atoms with Crippen molar-refractivity contribution in [3.05, 3.63) is 23.1 Å². The van der Waals surface area contributed by atoms with Crippen LogP contribution < -0.4 is 4.74 Å². The van der Waals surface area contributed by atoms with Crippen LogP contribution in [0.2, 0.25) is 0 Å². The number of alkyl halides is 6. The number of halogens is 7. The summed E-state index contributed by atoms with van der Waals surface area (Å²) in [5.74, 6) is -4.00. The highest BCUT2D eigenvalue weighted by molar-refractivity contribution is 5.32. The molecule has 0 fully saturated rings. The largest absolute Gasteiger partial charge is 0.574 e. The normalized spacial score (nSPS) is 12.7. The number of aromatic nitrogens is 1. The zero-order valence-electron chi connectivity index (χ0n) is 8.23. The first-order chi connectivity index (χ1) is 8.04. The van der Waals surface area contributed by atoms with E-state index in [4.69, 9.17) is 5.11 Å². The fraction of sp³-hybridized carbons (Fsp3) is 0.375. The van der Waals surface area contributed by atoms with Crippen LogP contribution in [0.5, 0.6) is 5.88 Å². The molecular formula is C8H4F7NO2. The maximum atomic E-state index is 13.1. The van der Waals surface area contributed by atoms with Gasteiger partial charge in [0, 0.05) is 0 Å². The Bertz CT molecular complexity index is 440. The molecule has 0 unspecified atom stereocenters. The van der Waals surface area contributed by atoms with Gasteiger partial charge in [0.15, 0.2) is 5.56 Å². The molecule has 0 aliphatic rings. The SMILES string of the molecule is OCc1cc(F)c(C(F)(F)F)c(OC(F)(F)F)n1. The van der Waals surface area contributed by atoms with E-state index in [0.717, 1.165) is 0 Å². The Labute approximate surface area is 94.8 Å². The lowest BCUT2D eigenvalue weighted by atomic mass is 10.2. The maximum Gasteiger partial charge on any atom is 0.574 e. The predicted molar refractivity (Wildman–Crippen MR) is 41.8 cm³/mol. The monoisotopic (exact) mass is 279 g/mol. The summed E-state index contributed by atoms with van der Waals surface area (Å²) in [6, 6.07) is 0.173. The molecular weight excluding hydrogens is 275 g/mol. The molecule has 18 heavy (non-hydrogen) atoms. The van der Waals surface area contributed by atoms with Crippen molar-refractivity contribution in [2.75, 3.05) is 0 Å². The number of hydrogen-bond donors (Lipinski definition) is 1. The molecule has 0 bridgehead atoms. The summed E-state index contributed by atoms with van der Waals surface area (Å²) in [6.45, 7) is -1.04. The average molecular weight is 279 g/mol. The molecule has 0 aliphatic heterocycles. The first-order valence-electron chi connectivity index (χ1n) is 4.18. The summed E-state index contributed by atoms with van der Waals surface area (Å²) < 4.78 is 88.6. The van der Waals surface area contributed by atoms with E-state index in [9.17, 15) is 30.7 Å². The Morgan fingerprint density at radius 1 is 1.17 bits per heavy atom. The smallest absolute Gasteiger partial charge is 0.390 e. The van der Waals surface area contributed by atoms with Gasteiger partial charge < -0.3 is 9.84 Å². The molecule has 102 valence electrons. The molecule has 0 amide bonds. The Balaban J connectivity index is 3.39. The number of nitrogens with zero attached hydrogens (tertiary/aromatic N) is 1. The highest BCUT2D eigenvalue weighted by Gasteiger charge is 2.43. The summed E-state index contributed by atoms with van der Waals surface area (Å²) >= 11 is 0. The van der Waals surface area contributed by atoms with Crippen LogP contribution in [0, 0.1) is 5.82 Å². The third-order valence-corrected chi connectivity index (χ3v) is 1.65. The minimum atomic E-state index is -5.46. The fourth-order valence-electron chi connectivity index (χ4n) is 1.06. The van der Waals surface area contributed by atoms with Gasteiger partial charge in [0.05, 0.1) is 12.3 Å². The molecule has 1 rings (SSSR count). The molecule has 0 radical (unpaired) electrons. The third-order valence-electron chi connectivity index (χ3n) is 1.65. The molecule has 0 saturated carbocycles. The number of rotatable bonds is 2. The lowest BCUT2D eigenvalue weighted by Crippen LogP contribution is -2.22.